The summed E-state index contributed by atoms with van der Waals surface area (Å²) >= 11 is 6.64. The van der Waals surface area contributed by atoms with Crippen LogP contribution in [0.15, 0.2) is 51.7 Å². The van der Waals surface area contributed by atoms with Gasteiger partial charge in [0.1, 0.15) is 0 Å². The lowest BCUT2D eigenvalue weighted by Crippen LogP contribution is -2.11. The van der Waals surface area contributed by atoms with Crippen molar-refractivity contribution in [3.8, 4) is 0 Å². The Labute approximate surface area is 173 Å². The van der Waals surface area contributed by atoms with Crippen LogP contribution in [-0.4, -0.2) is 27.9 Å². The van der Waals surface area contributed by atoms with Crippen molar-refractivity contribution in [1.29, 1.82) is 0 Å². The van der Waals surface area contributed by atoms with Crippen molar-refractivity contribution in [3.05, 3.63) is 42.5 Å². The summed E-state index contributed by atoms with van der Waals surface area (Å²) in [5.74, 6) is 0.948. The Bertz CT molecular complexity index is 1070. The monoisotopic (exact) mass is 431 g/mol. The van der Waals surface area contributed by atoms with E-state index in [-0.39, 0.29) is 5.91 Å². The number of amides is 1. The number of thioether (sulfide) groups is 2. The van der Waals surface area contributed by atoms with E-state index in [1.165, 1.54) is 16.2 Å². The zero-order valence-electron chi connectivity index (χ0n) is 14.6. The third kappa shape index (κ3) is 4.45. The fourth-order valence-electron chi connectivity index (χ4n) is 2.61. The Morgan fingerprint density at radius 3 is 2.56 bits per heavy atom. The van der Waals surface area contributed by atoms with Crippen molar-refractivity contribution >= 4 is 77.7 Å². The molecular weight excluding hydrogens is 414 g/mol. The van der Waals surface area contributed by atoms with Crippen molar-refractivity contribution in [2.75, 3.05) is 17.3 Å². The number of thiazole rings is 2. The van der Waals surface area contributed by atoms with E-state index >= 15 is 0 Å². The maximum atomic E-state index is 12.2. The molecule has 2 heterocycles. The van der Waals surface area contributed by atoms with Gasteiger partial charge >= 0.3 is 0 Å². The maximum Gasteiger partial charge on any atom is 0.226 e. The van der Waals surface area contributed by atoms with Gasteiger partial charge in [0.15, 0.2) is 9.47 Å². The highest BCUT2D eigenvalue weighted by molar-refractivity contribution is 8.00. The number of fused-ring (bicyclic) bond motifs is 3. The largest absolute Gasteiger partial charge is 0.302 e. The van der Waals surface area contributed by atoms with Gasteiger partial charge in [0, 0.05) is 11.3 Å². The van der Waals surface area contributed by atoms with E-state index in [1.54, 1.807) is 34.9 Å². The molecule has 4 nitrogen and oxygen atoms in total. The molecule has 4 rings (SSSR count). The molecule has 2 aromatic heterocycles. The van der Waals surface area contributed by atoms with Crippen LogP contribution < -0.4 is 5.32 Å². The van der Waals surface area contributed by atoms with Gasteiger partial charge in [-0.3, -0.25) is 4.79 Å². The van der Waals surface area contributed by atoms with Crippen LogP contribution in [0.1, 0.15) is 12.8 Å². The first-order valence-electron chi connectivity index (χ1n) is 8.45. The molecule has 0 radical (unpaired) electrons. The van der Waals surface area contributed by atoms with Crippen LogP contribution >= 0.6 is 46.2 Å². The number of carbonyl (C=O) groups is 1. The molecule has 8 heteroatoms. The highest BCUT2D eigenvalue weighted by Gasteiger charge is 2.13. The molecule has 0 saturated heterocycles. The van der Waals surface area contributed by atoms with Crippen molar-refractivity contribution in [2.24, 2.45) is 0 Å². The summed E-state index contributed by atoms with van der Waals surface area (Å²) in [7, 11) is 0. The number of benzene rings is 2. The van der Waals surface area contributed by atoms with E-state index in [9.17, 15) is 4.79 Å². The number of rotatable bonds is 7. The molecule has 0 aliphatic heterocycles. The molecule has 0 atom stereocenters. The molecule has 0 aliphatic carbocycles. The fourth-order valence-corrected chi connectivity index (χ4v) is 6.16. The van der Waals surface area contributed by atoms with Gasteiger partial charge in [-0.05, 0) is 42.7 Å². The number of hydrogen-bond donors (Lipinski definition) is 1. The van der Waals surface area contributed by atoms with E-state index in [4.69, 9.17) is 0 Å². The summed E-state index contributed by atoms with van der Waals surface area (Å²) in [5, 5.41) is 3.62. The minimum Gasteiger partial charge on any atom is -0.302 e. The van der Waals surface area contributed by atoms with Crippen LogP contribution in [0.2, 0.25) is 0 Å². The van der Waals surface area contributed by atoms with Crippen LogP contribution in [0, 0.1) is 0 Å². The Morgan fingerprint density at radius 2 is 1.78 bits per heavy atom. The van der Waals surface area contributed by atoms with Gasteiger partial charge < -0.3 is 5.32 Å². The zero-order valence-corrected chi connectivity index (χ0v) is 17.9. The van der Waals surface area contributed by atoms with Crippen LogP contribution in [0.25, 0.3) is 20.4 Å². The van der Waals surface area contributed by atoms with E-state index in [2.05, 4.69) is 27.4 Å². The Balaban J connectivity index is 1.37. The molecular formula is C19H17N3OS4. The van der Waals surface area contributed by atoms with E-state index < -0.39 is 0 Å². The molecule has 0 saturated carbocycles. The second kappa shape index (κ2) is 8.60. The summed E-state index contributed by atoms with van der Waals surface area (Å²) in [5.41, 5.74) is 1.91. The average molecular weight is 432 g/mol. The number of hydrogen-bond acceptors (Lipinski definition) is 7. The molecule has 0 aliphatic rings. The molecule has 2 aromatic carbocycles. The Kier molecular flexibility index (Phi) is 5.97. The molecule has 27 heavy (non-hydrogen) atoms. The smallest absolute Gasteiger partial charge is 0.226 e. The lowest BCUT2D eigenvalue weighted by molar-refractivity contribution is -0.116. The molecule has 0 fully saturated rings. The SMILES string of the molecule is CSc1nc2ccc3nc(NC(=O)CCCSc4ccccc4)sc3c2s1. The van der Waals surface area contributed by atoms with Gasteiger partial charge in [0.2, 0.25) is 5.91 Å². The van der Waals surface area contributed by atoms with Gasteiger partial charge in [0.25, 0.3) is 0 Å². The summed E-state index contributed by atoms with van der Waals surface area (Å²) in [4.78, 5) is 22.7. The highest BCUT2D eigenvalue weighted by Crippen LogP contribution is 2.38. The minimum atomic E-state index is 0.0214. The lowest BCUT2D eigenvalue weighted by Gasteiger charge is -2.02. The summed E-state index contributed by atoms with van der Waals surface area (Å²) in [6.45, 7) is 0. The summed E-state index contributed by atoms with van der Waals surface area (Å²) in [6, 6.07) is 14.2. The third-order valence-corrected chi connectivity index (χ3v) is 8.18. The van der Waals surface area contributed by atoms with E-state index in [1.807, 2.05) is 36.6 Å². The molecule has 0 spiro atoms. The summed E-state index contributed by atoms with van der Waals surface area (Å²) < 4.78 is 3.29. The lowest BCUT2D eigenvalue weighted by atomic mass is 10.3. The second-order valence-corrected chi connectivity index (χ2v) is 10.00. The van der Waals surface area contributed by atoms with Gasteiger partial charge in [-0.1, -0.05) is 41.3 Å². The van der Waals surface area contributed by atoms with Crippen molar-refractivity contribution in [2.45, 2.75) is 22.1 Å². The third-order valence-electron chi connectivity index (χ3n) is 3.87. The first kappa shape index (κ1) is 18.7. The first-order chi connectivity index (χ1) is 13.2. The van der Waals surface area contributed by atoms with Gasteiger partial charge in [-0.2, -0.15) is 0 Å². The predicted octanol–water partition coefficient (Wildman–Crippen LogP) is 6.14. The number of anilines is 1. The van der Waals surface area contributed by atoms with Crippen LogP contribution in [0.4, 0.5) is 5.13 Å². The topological polar surface area (TPSA) is 54.9 Å². The quantitative estimate of drug-likeness (QED) is 0.281. The van der Waals surface area contributed by atoms with Gasteiger partial charge in [-0.25, -0.2) is 9.97 Å². The van der Waals surface area contributed by atoms with Crippen LogP contribution in [0.3, 0.4) is 0 Å². The number of nitrogens with zero attached hydrogens (tertiary/aromatic N) is 2. The van der Waals surface area contributed by atoms with Crippen LogP contribution in [0.5, 0.6) is 0 Å². The standard InChI is InChI=1S/C19H17N3OS4/c1-24-19-21-14-10-9-13-16(17(14)27-19)26-18(20-13)22-15(23)8-5-11-25-12-6-3-2-4-7-12/h2-4,6-7,9-10H,5,8,11H2,1H3,(H,20,22,23). The summed E-state index contributed by atoms with van der Waals surface area (Å²) in [6.07, 6.45) is 3.37. The van der Waals surface area contributed by atoms with Gasteiger partial charge in [0.05, 0.1) is 20.4 Å². The Hall–Kier alpha value is -1.61. The average Bonchev–Trinajstić information content (AvgIpc) is 3.29. The molecule has 0 bridgehead atoms. The van der Waals surface area contributed by atoms with Gasteiger partial charge in [-0.15, -0.1) is 23.1 Å². The van der Waals surface area contributed by atoms with Crippen LogP contribution in [-0.2, 0) is 4.79 Å². The molecule has 0 unspecified atom stereocenters. The Morgan fingerprint density at radius 1 is 1.04 bits per heavy atom. The van der Waals surface area contributed by atoms with E-state index in [0.29, 0.717) is 11.6 Å². The highest BCUT2D eigenvalue weighted by atomic mass is 32.2. The van der Waals surface area contributed by atoms with E-state index in [0.717, 1.165) is 36.9 Å². The zero-order chi connectivity index (χ0) is 18.6. The number of nitrogens with one attached hydrogen (secondary N) is 1. The molecule has 1 N–H and O–H groups in total. The first-order valence-corrected chi connectivity index (χ1v) is 12.3. The maximum absolute atomic E-state index is 12.2. The molecule has 1 amide bonds. The number of aromatic nitrogens is 2. The normalized spacial score (nSPS) is 11.3. The minimum absolute atomic E-state index is 0.0214. The molecule has 138 valence electrons. The van der Waals surface area contributed by atoms with Crippen molar-refractivity contribution < 1.29 is 4.79 Å². The fraction of sp³-hybridized carbons (Fsp3) is 0.211. The molecule has 4 aromatic rings. The van der Waals surface area contributed by atoms with Crippen molar-refractivity contribution in [3.63, 3.8) is 0 Å². The van der Waals surface area contributed by atoms with Crippen molar-refractivity contribution in [1.82, 2.24) is 9.97 Å². The second-order valence-electron chi connectivity index (χ2n) is 5.78. The number of carbonyl (C=O) groups excluding carboxylic acids is 1. The predicted molar refractivity (Wildman–Crippen MR) is 120 cm³/mol.